The van der Waals surface area contributed by atoms with Crippen molar-refractivity contribution in [2.45, 2.75) is 37.6 Å². The van der Waals surface area contributed by atoms with E-state index in [1.54, 1.807) is 7.11 Å². The molecule has 1 radical (unpaired) electrons. The van der Waals surface area contributed by atoms with E-state index in [1.165, 1.54) is 0 Å². The Balaban J connectivity index is 1.49. The third-order valence-electron chi connectivity index (χ3n) is 5.03. The van der Waals surface area contributed by atoms with Gasteiger partial charge in [-0.2, -0.15) is 0 Å². The molecule has 2 heterocycles. The van der Waals surface area contributed by atoms with Gasteiger partial charge in [0, 0.05) is 12.0 Å². The monoisotopic (exact) mass is 417 g/mol. The van der Waals surface area contributed by atoms with Gasteiger partial charge in [0.1, 0.15) is 18.3 Å². The van der Waals surface area contributed by atoms with E-state index in [-0.39, 0.29) is 18.3 Å². The summed E-state index contributed by atoms with van der Waals surface area (Å²) in [5.41, 5.74) is 1.90. The van der Waals surface area contributed by atoms with Crippen molar-refractivity contribution in [2.24, 2.45) is 0 Å². The summed E-state index contributed by atoms with van der Waals surface area (Å²) in [6, 6.07) is 15.6. The molecule has 2 aliphatic rings. The predicted molar refractivity (Wildman–Crippen MR) is 111 cm³/mol. The molecule has 29 heavy (non-hydrogen) atoms. The Morgan fingerprint density at radius 2 is 2.07 bits per heavy atom. The molecule has 153 valence electrons. The smallest absolute Gasteiger partial charge is 0.209 e. The van der Waals surface area contributed by atoms with Crippen LogP contribution in [0.1, 0.15) is 23.8 Å². The van der Waals surface area contributed by atoms with Crippen LogP contribution in [0.2, 0.25) is 0 Å². The van der Waals surface area contributed by atoms with Gasteiger partial charge in [0.05, 0.1) is 26.9 Å². The van der Waals surface area contributed by atoms with Gasteiger partial charge in [-0.05, 0) is 19.0 Å². The first kappa shape index (κ1) is 19.3. The van der Waals surface area contributed by atoms with Gasteiger partial charge in [-0.1, -0.05) is 48.3 Å². The molecule has 0 amide bonds. The summed E-state index contributed by atoms with van der Waals surface area (Å²) in [4.78, 5) is 0. The molecule has 0 spiro atoms. The molecule has 4 atom stereocenters. The van der Waals surface area contributed by atoms with Crippen LogP contribution in [-0.4, -0.2) is 47.1 Å². The zero-order valence-electron chi connectivity index (χ0n) is 17.2. The molecular formula is C21H24BO6S. The van der Waals surface area contributed by atoms with Gasteiger partial charge in [-0.25, -0.2) is 0 Å². The van der Waals surface area contributed by atoms with Gasteiger partial charge in [0.25, 0.3) is 0 Å². The van der Waals surface area contributed by atoms with E-state index in [1.807, 2.05) is 48.5 Å². The highest BCUT2D eigenvalue weighted by Gasteiger charge is 2.42. The Morgan fingerprint density at radius 1 is 1.17 bits per heavy atom. The fourth-order valence-corrected chi connectivity index (χ4v) is 3.80. The minimum absolute atomic E-state index is 0.176. The number of ether oxygens (including phenoxy) is 5. The Labute approximate surface area is 177 Å². The fourth-order valence-electron chi connectivity index (χ4n) is 3.60. The van der Waals surface area contributed by atoms with Gasteiger partial charge < -0.3 is 27.9 Å². The van der Waals surface area contributed by atoms with Crippen LogP contribution in [0.3, 0.4) is 0 Å². The van der Waals surface area contributed by atoms with Crippen molar-refractivity contribution in [1.82, 2.24) is 0 Å². The Morgan fingerprint density at radius 3 is 2.90 bits per heavy atom. The molecule has 0 saturated carbocycles. The number of hydrogen-bond donors (Lipinski definition) is 0. The summed E-state index contributed by atoms with van der Waals surface area (Å²) in [5.74, 6) is 1.28. The second kappa shape index (κ2) is 9.87. The molecule has 2 aliphatic heterocycles. The molecule has 0 N–H and O–H groups in total. The minimum atomic E-state index is -0.444. The average molecular weight is 417 g/mol. The van der Waals surface area contributed by atoms with E-state index in [4.69, 9.17) is 29.2 Å². The van der Waals surface area contributed by atoms with Crippen LogP contribution in [0.4, 0.5) is 0 Å². The maximum absolute atomic E-state index is 7.04. The number of rotatable bonds is 8. The van der Waals surface area contributed by atoms with E-state index in [0.717, 1.165) is 30.1 Å². The Kier molecular flexibility index (Phi) is 6.56. The molecular weight excluding hydrogens is 391 g/mol. The SMILES string of the molecule is [3H][B]SOCc1ccc(OC)c(OC2CCOC3CO[C@@H](c4ccccc4)OC32)c1. The predicted octanol–water partition coefficient (Wildman–Crippen LogP) is 3.33. The van der Waals surface area contributed by atoms with Gasteiger partial charge in [-0.15, -0.1) is 0 Å². The van der Waals surface area contributed by atoms with Gasteiger partial charge in [0.2, 0.25) is 7.09 Å². The average Bonchev–Trinajstić information content (AvgIpc) is 2.80. The van der Waals surface area contributed by atoms with Crippen LogP contribution < -0.4 is 9.47 Å². The highest BCUT2D eigenvalue weighted by atomic mass is 32.2. The molecule has 2 fully saturated rings. The first-order valence-electron chi connectivity index (χ1n) is 10.1. The molecule has 0 aliphatic carbocycles. The van der Waals surface area contributed by atoms with Crippen LogP contribution >= 0.6 is 11.9 Å². The largest absolute Gasteiger partial charge is 0.493 e. The fraction of sp³-hybridized carbons (Fsp3) is 0.429. The summed E-state index contributed by atoms with van der Waals surface area (Å²) in [5, 5.41) is 0. The molecule has 2 aromatic rings. The highest BCUT2D eigenvalue weighted by molar-refractivity contribution is 8.15. The van der Waals surface area contributed by atoms with E-state index in [9.17, 15) is 0 Å². The standard InChI is InChI=1S/C21H24BO6S/c1-23-16-8-7-14(12-26-29-22)11-18(16)27-17-9-10-24-19-13-25-21(28-20(17)19)15-5-3-2-4-6-15/h2-8,11,17,19-22H,9-10,12-13H2,1H3/t17?,19?,20?,21-/m1/s1/i22T. The zero-order valence-corrected chi connectivity index (χ0v) is 17.0. The van der Waals surface area contributed by atoms with Gasteiger partial charge >= 0.3 is 0 Å². The second-order valence-electron chi connectivity index (χ2n) is 6.87. The van der Waals surface area contributed by atoms with Crippen molar-refractivity contribution in [3.8, 4) is 11.5 Å². The normalized spacial score (nSPS) is 26.9. The molecule has 3 unspecified atom stereocenters. The van der Waals surface area contributed by atoms with Gasteiger partial charge in [0.15, 0.2) is 17.8 Å². The van der Waals surface area contributed by atoms with Crippen molar-refractivity contribution < 1.29 is 27.9 Å². The van der Waals surface area contributed by atoms with Crippen LogP contribution in [0.25, 0.3) is 0 Å². The summed E-state index contributed by atoms with van der Waals surface area (Å²) < 4.78 is 42.3. The van der Waals surface area contributed by atoms with Gasteiger partial charge in [-0.3, -0.25) is 0 Å². The van der Waals surface area contributed by atoms with Crippen LogP contribution in [-0.2, 0) is 25.0 Å². The number of methoxy groups -OCH3 is 1. The molecule has 8 heteroatoms. The summed E-state index contributed by atoms with van der Waals surface area (Å²) >= 11 is 0.987. The lowest BCUT2D eigenvalue weighted by molar-refractivity contribution is -0.295. The van der Waals surface area contributed by atoms with E-state index >= 15 is 0 Å². The maximum Gasteiger partial charge on any atom is 0.209 e. The molecule has 6 nitrogen and oxygen atoms in total. The van der Waals surface area contributed by atoms with Crippen LogP contribution in [0, 0.1) is 0 Å². The lowest BCUT2D eigenvalue weighted by atomic mass is 10.0. The Hall–Kier alpha value is -1.71. The van der Waals surface area contributed by atoms with Crippen molar-refractivity contribution in [1.29, 1.82) is 1.34 Å². The van der Waals surface area contributed by atoms with Crippen molar-refractivity contribution in [3.05, 3.63) is 59.7 Å². The summed E-state index contributed by atoms with van der Waals surface area (Å²) in [6.45, 7) is 1.40. The number of fused-ring (bicyclic) bond motifs is 1. The third kappa shape index (κ3) is 4.90. The summed E-state index contributed by atoms with van der Waals surface area (Å²) in [7, 11) is 2.77. The zero-order chi connectivity index (χ0) is 20.8. The number of hydrogen-bond acceptors (Lipinski definition) is 7. The molecule has 2 aromatic carbocycles. The van der Waals surface area contributed by atoms with Crippen LogP contribution in [0.15, 0.2) is 48.5 Å². The maximum atomic E-state index is 7.04. The molecule has 2 saturated heterocycles. The first-order valence-corrected chi connectivity index (χ1v) is 10.3. The molecule has 0 aromatic heterocycles. The first-order chi connectivity index (χ1) is 14.8. The van der Waals surface area contributed by atoms with Crippen LogP contribution in [0.5, 0.6) is 11.5 Å². The minimum Gasteiger partial charge on any atom is -0.493 e. The lowest BCUT2D eigenvalue weighted by Crippen LogP contribution is -2.54. The Bertz CT molecular complexity index is 813. The second-order valence-corrected chi connectivity index (χ2v) is 7.30. The van der Waals surface area contributed by atoms with E-state index in [2.05, 4.69) is 0 Å². The lowest BCUT2D eigenvalue weighted by Gasteiger charge is -2.43. The van der Waals surface area contributed by atoms with Crippen molar-refractivity contribution in [2.75, 3.05) is 20.3 Å². The third-order valence-corrected chi connectivity index (χ3v) is 5.29. The molecule has 4 rings (SSSR count). The topological polar surface area (TPSA) is 55.4 Å². The highest BCUT2D eigenvalue weighted by Crippen LogP contribution is 2.36. The molecule has 0 bridgehead atoms. The number of benzene rings is 2. The van der Waals surface area contributed by atoms with Crippen molar-refractivity contribution in [3.63, 3.8) is 0 Å². The quantitative estimate of drug-likeness (QED) is 0.371. The van der Waals surface area contributed by atoms with E-state index < -0.39 is 6.29 Å². The van der Waals surface area contributed by atoms with Crippen molar-refractivity contribution >= 4 is 19.0 Å². The summed E-state index contributed by atoms with van der Waals surface area (Å²) in [6.07, 6.45) is -0.364. The van der Waals surface area contributed by atoms with E-state index in [0.29, 0.717) is 37.7 Å².